The number of hydrazone groups is 1. The maximum Gasteiger partial charge on any atom is 0.431 e. The zero-order valence-corrected chi connectivity index (χ0v) is 23.0. The Kier molecular flexibility index (Phi) is 8.80. The Morgan fingerprint density at radius 3 is 2.42 bits per heavy atom. The van der Waals surface area contributed by atoms with Gasteiger partial charge in [-0.25, -0.2) is 4.39 Å². The third kappa shape index (κ3) is 6.62. The summed E-state index contributed by atoms with van der Waals surface area (Å²) in [5, 5.41) is 14.2. The Balaban J connectivity index is 1.51. The van der Waals surface area contributed by atoms with Crippen LogP contribution in [-0.4, -0.2) is 55.3 Å². The van der Waals surface area contributed by atoms with Crippen LogP contribution in [0.1, 0.15) is 40.0 Å². The Morgan fingerprint density at radius 2 is 1.82 bits per heavy atom. The number of halogens is 4. The highest BCUT2D eigenvalue weighted by atomic mass is 19.4. The highest BCUT2D eigenvalue weighted by Crippen LogP contribution is 2.38. The predicted octanol–water partition coefficient (Wildman–Crippen LogP) is 6.37. The van der Waals surface area contributed by atoms with Gasteiger partial charge >= 0.3 is 12.1 Å². The SMILES string of the molecule is COc1ccc(F)c(N2CCC(Oc3ccc(N4N=C(C(F)(F)F)[C@@H](C)[C@@H]4CC(=O)O)cc3)C(CC(C)C)C2)c1. The standard InChI is InChI=1S/C29H35F4N3O4/c1-17(2)13-19-16-35(25-14-22(39-4)9-10-23(25)30)12-11-26(19)40-21-7-5-20(6-8-21)36-24(15-27(37)38)18(3)28(34-36)29(31,32)33/h5-10,14,17-19,24,26H,11-13,15-16H2,1-4H3,(H,37,38)/t18-,19?,24-,26?/m0/s1. The number of anilines is 2. The molecule has 0 aromatic heterocycles. The van der Waals surface area contributed by atoms with Crippen LogP contribution in [-0.2, 0) is 4.79 Å². The first-order chi connectivity index (χ1) is 18.9. The first kappa shape index (κ1) is 29.5. The van der Waals surface area contributed by atoms with Gasteiger partial charge in [-0.3, -0.25) is 9.80 Å². The van der Waals surface area contributed by atoms with Gasteiger partial charge in [-0.05, 0) is 48.7 Å². The number of piperidine rings is 1. The molecule has 1 N–H and O–H groups in total. The van der Waals surface area contributed by atoms with Gasteiger partial charge in [0, 0.05) is 37.4 Å². The second kappa shape index (κ2) is 11.9. The largest absolute Gasteiger partial charge is 0.497 e. The van der Waals surface area contributed by atoms with Crippen molar-refractivity contribution in [3.63, 3.8) is 0 Å². The molecule has 2 aromatic rings. The van der Waals surface area contributed by atoms with Gasteiger partial charge in [0.2, 0.25) is 0 Å². The average Bonchev–Trinajstić information content (AvgIpc) is 3.21. The zero-order chi connectivity index (χ0) is 29.2. The minimum absolute atomic E-state index is 0.109. The molecule has 1 saturated heterocycles. The van der Waals surface area contributed by atoms with Crippen LogP contribution < -0.4 is 19.4 Å². The van der Waals surface area contributed by atoms with Crippen LogP contribution in [0.15, 0.2) is 47.6 Å². The zero-order valence-electron chi connectivity index (χ0n) is 23.0. The molecular weight excluding hydrogens is 530 g/mol. The Bertz CT molecular complexity index is 1220. The number of methoxy groups -OCH3 is 1. The Labute approximate surface area is 231 Å². The summed E-state index contributed by atoms with van der Waals surface area (Å²) in [6, 6.07) is 10.3. The molecule has 0 bridgehead atoms. The maximum atomic E-state index is 14.7. The van der Waals surface area contributed by atoms with Crippen LogP contribution in [0.3, 0.4) is 0 Å². The minimum Gasteiger partial charge on any atom is -0.497 e. The van der Waals surface area contributed by atoms with Crippen molar-refractivity contribution in [1.82, 2.24) is 0 Å². The van der Waals surface area contributed by atoms with Gasteiger partial charge in [0.1, 0.15) is 29.1 Å². The van der Waals surface area contributed by atoms with E-state index in [4.69, 9.17) is 9.47 Å². The molecule has 2 aliphatic rings. The van der Waals surface area contributed by atoms with Gasteiger partial charge in [-0.15, -0.1) is 0 Å². The number of carbonyl (C=O) groups is 1. The highest BCUT2D eigenvalue weighted by molar-refractivity contribution is 5.95. The lowest BCUT2D eigenvalue weighted by Crippen LogP contribution is -2.46. The maximum absolute atomic E-state index is 14.7. The molecule has 1 fully saturated rings. The fourth-order valence-corrected chi connectivity index (χ4v) is 5.61. The van der Waals surface area contributed by atoms with Crippen LogP contribution in [0.5, 0.6) is 11.5 Å². The van der Waals surface area contributed by atoms with E-state index in [0.717, 1.165) is 11.4 Å². The molecule has 4 atom stereocenters. The van der Waals surface area contributed by atoms with E-state index in [9.17, 15) is 27.5 Å². The van der Waals surface area contributed by atoms with Crippen molar-refractivity contribution in [1.29, 1.82) is 0 Å². The summed E-state index contributed by atoms with van der Waals surface area (Å²) in [7, 11) is 1.54. The fourth-order valence-electron chi connectivity index (χ4n) is 5.61. The summed E-state index contributed by atoms with van der Waals surface area (Å²) in [5.74, 6) is -0.978. The predicted molar refractivity (Wildman–Crippen MR) is 145 cm³/mol. The molecular formula is C29H35F4N3O4. The molecule has 0 saturated carbocycles. The van der Waals surface area contributed by atoms with Crippen LogP contribution in [0.4, 0.5) is 28.9 Å². The number of alkyl halides is 3. The number of hydrogen-bond donors (Lipinski definition) is 1. The lowest BCUT2D eigenvalue weighted by molar-refractivity contribution is -0.137. The van der Waals surface area contributed by atoms with Gasteiger partial charge < -0.3 is 19.5 Å². The third-order valence-electron chi connectivity index (χ3n) is 7.53. The number of carboxylic acids is 1. The van der Waals surface area contributed by atoms with Gasteiger partial charge in [0.25, 0.3) is 0 Å². The summed E-state index contributed by atoms with van der Waals surface area (Å²) in [4.78, 5) is 13.4. The molecule has 11 heteroatoms. The summed E-state index contributed by atoms with van der Waals surface area (Å²) in [6.45, 7) is 6.77. The van der Waals surface area contributed by atoms with Crippen molar-refractivity contribution in [3.8, 4) is 11.5 Å². The third-order valence-corrected chi connectivity index (χ3v) is 7.53. The second-order valence-electron chi connectivity index (χ2n) is 10.9. The average molecular weight is 566 g/mol. The van der Waals surface area contributed by atoms with E-state index in [2.05, 4.69) is 18.9 Å². The summed E-state index contributed by atoms with van der Waals surface area (Å²) >= 11 is 0. The van der Waals surface area contributed by atoms with Crippen LogP contribution in [0.2, 0.25) is 0 Å². The van der Waals surface area contributed by atoms with E-state index in [1.54, 1.807) is 43.5 Å². The number of aliphatic carboxylic acids is 1. The quantitative estimate of drug-likeness (QED) is 0.356. The van der Waals surface area contributed by atoms with Crippen molar-refractivity contribution < 1.29 is 36.9 Å². The molecule has 218 valence electrons. The molecule has 4 rings (SSSR count). The molecule has 0 spiro atoms. The van der Waals surface area contributed by atoms with Crippen LogP contribution >= 0.6 is 0 Å². The van der Waals surface area contributed by atoms with E-state index < -0.39 is 36.2 Å². The molecule has 0 radical (unpaired) electrons. The number of rotatable bonds is 9. The fraction of sp³-hybridized carbons (Fsp3) is 0.517. The Morgan fingerprint density at radius 1 is 1.15 bits per heavy atom. The van der Waals surface area contributed by atoms with Gasteiger partial charge in [-0.2, -0.15) is 18.3 Å². The van der Waals surface area contributed by atoms with Gasteiger partial charge in [0.05, 0.1) is 30.9 Å². The van der Waals surface area contributed by atoms with Crippen molar-refractivity contribution in [2.75, 3.05) is 30.1 Å². The van der Waals surface area contributed by atoms with Crippen molar-refractivity contribution >= 4 is 23.1 Å². The van der Waals surface area contributed by atoms with Gasteiger partial charge in [0.15, 0.2) is 0 Å². The number of ether oxygens (including phenoxy) is 2. The van der Waals surface area contributed by atoms with Gasteiger partial charge in [-0.1, -0.05) is 20.8 Å². The van der Waals surface area contributed by atoms with Crippen molar-refractivity contribution in [2.45, 2.75) is 58.4 Å². The van der Waals surface area contributed by atoms with E-state index >= 15 is 0 Å². The van der Waals surface area contributed by atoms with E-state index in [1.807, 2.05) is 4.90 Å². The topological polar surface area (TPSA) is 74.6 Å². The van der Waals surface area contributed by atoms with Crippen LogP contribution in [0, 0.1) is 23.6 Å². The number of nitrogens with zero attached hydrogens (tertiary/aromatic N) is 3. The first-order valence-corrected chi connectivity index (χ1v) is 13.4. The summed E-state index contributed by atoms with van der Waals surface area (Å²) < 4.78 is 66.8. The normalized spacial score (nSPS) is 23.4. The summed E-state index contributed by atoms with van der Waals surface area (Å²) in [5.41, 5.74) is -0.146. The monoisotopic (exact) mass is 565 g/mol. The smallest absolute Gasteiger partial charge is 0.431 e. The molecule has 2 aromatic carbocycles. The molecule has 2 unspecified atom stereocenters. The van der Waals surface area contributed by atoms with Crippen molar-refractivity contribution in [3.05, 3.63) is 48.3 Å². The Hall–Kier alpha value is -3.50. The number of carboxylic acid groups (broad SMARTS) is 1. The van der Waals surface area contributed by atoms with E-state index in [-0.39, 0.29) is 17.8 Å². The minimum atomic E-state index is -4.65. The molecule has 0 aliphatic carbocycles. The molecule has 2 aliphatic heterocycles. The first-order valence-electron chi connectivity index (χ1n) is 13.4. The lowest BCUT2D eigenvalue weighted by Gasteiger charge is -2.40. The highest BCUT2D eigenvalue weighted by Gasteiger charge is 2.48. The van der Waals surface area contributed by atoms with Crippen molar-refractivity contribution in [2.24, 2.45) is 22.9 Å². The van der Waals surface area contributed by atoms with E-state index in [0.29, 0.717) is 48.3 Å². The summed E-state index contributed by atoms with van der Waals surface area (Å²) in [6.07, 6.45) is -3.75. The number of hydrogen-bond acceptors (Lipinski definition) is 6. The van der Waals surface area contributed by atoms with E-state index in [1.165, 1.54) is 13.0 Å². The lowest BCUT2D eigenvalue weighted by atomic mass is 9.86. The molecule has 2 heterocycles. The molecule has 40 heavy (non-hydrogen) atoms. The van der Waals surface area contributed by atoms with Crippen LogP contribution in [0.25, 0.3) is 0 Å². The second-order valence-corrected chi connectivity index (χ2v) is 10.9. The molecule has 7 nitrogen and oxygen atoms in total. The molecule has 0 amide bonds. The number of benzene rings is 2.